The van der Waals surface area contributed by atoms with E-state index in [4.69, 9.17) is 4.12 Å². The van der Waals surface area contributed by atoms with E-state index >= 15 is 0 Å². The fraction of sp³-hybridized carbons (Fsp3) is 1.00. The van der Waals surface area contributed by atoms with E-state index in [0.29, 0.717) is 0 Å². The first-order valence-corrected chi connectivity index (χ1v) is 7.80. The minimum absolute atomic E-state index is 0.0604. The zero-order valence-corrected chi connectivity index (χ0v) is 12.2. The van der Waals surface area contributed by atoms with Crippen LogP contribution in [-0.2, 0) is 4.12 Å². The first kappa shape index (κ1) is 12.4. The second-order valence-corrected chi connectivity index (χ2v) is 6.89. The molecule has 0 N–H and O–H groups in total. The van der Waals surface area contributed by atoms with E-state index in [-0.39, 0.29) is 9.76 Å². The van der Waals surface area contributed by atoms with Crippen molar-refractivity contribution in [2.45, 2.75) is 57.9 Å². The van der Waals surface area contributed by atoms with Crippen LogP contribution < -0.4 is 0 Å². The summed E-state index contributed by atoms with van der Waals surface area (Å²) in [5, 5.41) is 0. The number of rotatable bonds is 9. The van der Waals surface area contributed by atoms with Gasteiger partial charge in [-0.3, -0.25) is 0 Å². The molecule has 3 heteroatoms. The van der Waals surface area contributed by atoms with Crippen LogP contribution in [0.25, 0.3) is 0 Å². The summed E-state index contributed by atoms with van der Waals surface area (Å²) in [7, 11) is 0.911. The number of hydrogen-bond acceptors (Lipinski definition) is 1. The van der Waals surface area contributed by atoms with Gasteiger partial charge >= 0.3 is 0 Å². The average Bonchev–Trinajstić information content (AvgIpc) is 2.10. The zero-order chi connectivity index (χ0) is 9.07. The van der Waals surface area contributed by atoms with Crippen LogP contribution in [0.4, 0.5) is 0 Å². The molecule has 0 aromatic carbocycles. The lowest BCUT2D eigenvalue weighted by Gasteiger charge is -2.00. The standard InChI is InChI=1S/C9H24OSi2/c1-2-3-4-5-6-7-8-9-12-10-11/h2-9,12H2,1,11H3. The third-order valence-corrected chi connectivity index (χ3v) is 4.62. The first-order chi connectivity index (χ1) is 5.91. The van der Waals surface area contributed by atoms with E-state index in [1.807, 2.05) is 0 Å². The molecule has 0 aliphatic rings. The van der Waals surface area contributed by atoms with Crippen LogP contribution in [0.5, 0.6) is 0 Å². The van der Waals surface area contributed by atoms with Gasteiger partial charge in [0.15, 0.2) is 0 Å². The molecule has 0 amide bonds. The van der Waals surface area contributed by atoms with Gasteiger partial charge < -0.3 is 4.12 Å². The van der Waals surface area contributed by atoms with E-state index in [1.54, 1.807) is 0 Å². The Morgan fingerprint density at radius 2 is 1.58 bits per heavy atom. The molecule has 1 nitrogen and oxygen atoms in total. The molecule has 0 fully saturated rings. The highest BCUT2D eigenvalue weighted by Crippen LogP contribution is 2.07. The van der Waals surface area contributed by atoms with Crippen LogP contribution in [-0.4, -0.2) is 20.2 Å². The Morgan fingerprint density at radius 3 is 2.17 bits per heavy atom. The highest BCUT2D eigenvalue weighted by Gasteiger charge is 1.90. The van der Waals surface area contributed by atoms with Crippen LogP contribution >= 0.6 is 0 Å². The maximum atomic E-state index is 5.26. The monoisotopic (exact) mass is 204 g/mol. The lowest BCUT2D eigenvalue weighted by Crippen LogP contribution is -1.93. The van der Waals surface area contributed by atoms with E-state index in [0.717, 1.165) is 10.5 Å². The molecular weight excluding hydrogens is 180 g/mol. The summed E-state index contributed by atoms with van der Waals surface area (Å²) in [5.74, 6) is 0. The van der Waals surface area contributed by atoms with Crippen molar-refractivity contribution in [3.05, 3.63) is 0 Å². The van der Waals surface area contributed by atoms with E-state index < -0.39 is 0 Å². The average molecular weight is 204 g/mol. The third kappa shape index (κ3) is 10.4. The molecule has 0 rings (SSSR count). The second kappa shape index (κ2) is 11.4. The van der Waals surface area contributed by atoms with Gasteiger partial charge in [-0.05, 0) is 6.04 Å². The molecule has 0 saturated carbocycles. The summed E-state index contributed by atoms with van der Waals surface area (Å²) in [6.45, 7) is 2.27. The topological polar surface area (TPSA) is 9.23 Å². The highest BCUT2D eigenvalue weighted by molar-refractivity contribution is 6.34. The Hall–Kier alpha value is 0.394. The van der Waals surface area contributed by atoms with Crippen molar-refractivity contribution >= 4 is 20.2 Å². The smallest absolute Gasteiger partial charge is 0.145 e. The Labute approximate surface area is 82.8 Å². The van der Waals surface area contributed by atoms with Crippen LogP contribution in [0.15, 0.2) is 0 Å². The molecule has 0 heterocycles. The van der Waals surface area contributed by atoms with Crippen molar-refractivity contribution in [3.63, 3.8) is 0 Å². The molecular formula is C9H24OSi2. The summed E-state index contributed by atoms with van der Waals surface area (Å²) in [6.07, 6.45) is 10.0. The lowest BCUT2D eigenvalue weighted by molar-refractivity contribution is 0.592. The Balaban J connectivity index is 2.73. The maximum absolute atomic E-state index is 5.26. The van der Waals surface area contributed by atoms with Gasteiger partial charge in [-0.1, -0.05) is 51.9 Å². The Kier molecular flexibility index (Phi) is 11.8. The van der Waals surface area contributed by atoms with Gasteiger partial charge in [0, 0.05) is 0 Å². The zero-order valence-electron chi connectivity index (χ0n) is 8.77. The molecule has 0 radical (unpaired) electrons. The van der Waals surface area contributed by atoms with Gasteiger partial charge in [-0.25, -0.2) is 0 Å². The fourth-order valence-corrected chi connectivity index (χ4v) is 3.09. The molecule has 12 heavy (non-hydrogen) atoms. The van der Waals surface area contributed by atoms with E-state index in [2.05, 4.69) is 6.92 Å². The van der Waals surface area contributed by atoms with Gasteiger partial charge in [0.05, 0.1) is 0 Å². The van der Waals surface area contributed by atoms with Crippen molar-refractivity contribution in [1.82, 2.24) is 0 Å². The quantitative estimate of drug-likeness (QED) is 0.409. The number of hydrogen-bond donors (Lipinski definition) is 0. The van der Waals surface area contributed by atoms with E-state index in [9.17, 15) is 0 Å². The lowest BCUT2D eigenvalue weighted by atomic mass is 10.1. The summed E-state index contributed by atoms with van der Waals surface area (Å²) < 4.78 is 5.26. The van der Waals surface area contributed by atoms with Crippen LogP contribution in [0, 0.1) is 0 Å². The SMILES string of the molecule is CCCCCCCCC[SiH2]O[SiH3]. The van der Waals surface area contributed by atoms with Gasteiger partial charge in [0.25, 0.3) is 0 Å². The van der Waals surface area contributed by atoms with Crippen LogP contribution in [0.3, 0.4) is 0 Å². The molecule has 0 aliphatic heterocycles. The number of unbranched alkanes of at least 4 members (excludes halogenated alkanes) is 6. The van der Waals surface area contributed by atoms with E-state index in [1.165, 1.54) is 51.0 Å². The highest BCUT2D eigenvalue weighted by atomic mass is 28.3. The summed E-state index contributed by atoms with van der Waals surface area (Å²) >= 11 is 0. The maximum Gasteiger partial charge on any atom is 0.145 e. The van der Waals surface area contributed by atoms with Crippen molar-refractivity contribution in [3.8, 4) is 0 Å². The predicted octanol–water partition coefficient (Wildman–Crippen LogP) is 1.54. The Morgan fingerprint density at radius 1 is 1.00 bits per heavy atom. The second-order valence-electron chi connectivity index (χ2n) is 3.47. The molecule has 0 atom stereocenters. The fourth-order valence-electron chi connectivity index (χ4n) is 1.38. The molecule has 0 spiro atoms. The van der Waals surface area contributed by atoms with Crippen molar-refractivity contribution in [2.24, 2.45) is 0 Å². The third-order valence-electron chi connectivity index (χ3n) is 2.20. The molecule has 74 valence electrons. The van der Waals surface area contributed by atoms with Gasteiger partial charge in [-0.15, -0.1) is 0 Å². The van der Waals surface area contributed by atoms with Crippen LogP contribution in [0.2, 0.25) is 6.04 Å². The van der Waals surface area contributed by atoms with Crippen molar-refractivity contribution in [1.29, 1.82) is 0 Å². The molecule has 0 aliphatic carbocycles. The largest absolute Gasteiger partial charge is 0.468 e. The van der Waals surface area contributed by atoms with Crippen LogP contribution in [0.1, 0.15) is 51.9 Å². The summed E-state index contributed by atoms with van der Waals surface area (Å²) in [4.78, 5) is 0. The molecule has 0 saturated heterocycles. The predicted molar refractivity (Wildman–Crippen MR) is 62.4 cm³/mol. The van der Waals surface area contributed by atoms with Gasteiger partial charge in [-0.2, -0.15) is 0 Å². The minimum Gasteiger partial charge on any atom is -0.468 e. The summed E-state index contributed by atoms with van der Waals surface area (Å²) in [6, 6.07) is 1.41. The summed E-state index contributed by atoms with van der Waals surface area (Å²) in [5.41, 5.74) is 0. The first-order valence-electron chi connectivity index (χ1n) is 5.40. The van der Waals surface area contributed by atoms with Gasteiger partial charge in [0.2, 0.25) is 0 Å². The molecule has 0 aromatic rings. The van der Waals surface area contributed by atoms with Gasteiger partial charge in [0.1, 0.15) is 20.2 Å². The Bertz CT molecular complexity index is 68.9. The molecule has 0 unspecified atom stereocenters. The molecule has 0 bridgehead atoms. The molecule has 0 aromatic heterocycles. The minimum atomic E-state index is -0.0604. The van der Waals surface area contributed by atoms with Crippen molar-refractivity contribution < 1.29 is 4.12 Å². The normalized spacial score (nSPS) is 11.8. The van der Waals surface area contributed by atoms with Crippen molar-refractivity contribution in [2.75, 3.05) is 0 Å².